The second-order valence-corrected chi connectivity index (χ2v) is 6.64. The van der Waals surface area contributed by atoms with Crippen LogP contribution in [-0.2, 0) is 9.53 Å². The van der Waals surface area contributed by atoms with Gasteiger partial charge < -0.3 is 15.2 Å². The molecule has 1 amide bonds. The lowest BCUT2D eigenvalue weighted by Crippen LogP contribution is -2.67. The molecule has 2 atom stereocenters. The fourth-order valence-electron chi connectivity index (χ4n) is 2.94. The molecule has 0 bridgehead atoms. The number of hydrogen-bond acceptors (Lipinski definition) is 3. The van der Waals surface area contributed by atoms with Gasteiger partial charge in [-0.05, 0) is 33.1 Å². The molecule has 20 heavy (non-hydrogen) atoms. The summed E-state index contributed by atoms with van der Waals surface area (Å²) in [5.74, 6) is -3.75. The highest BCUT2D eigenvalue weighted by Crippen LogP contribution is 2.49. The van der Waals surface area contributed by atoms with Gasteiger partial charge >= 0.3 is 0 Å². The predicted octanol–water partition coefficient (Wildman–Crippen LogP) is 1.71. The SMILES string of the molecule is CC(F)(F)C(C)(C)C(=O)N[C@@H]1C[C@@H](O)C12CCOCC2. The summed E-state index contributed by atoms with van der Waals surface area (Å²) in [5, 5.41) is 12.7. The lowest BCUT2D eigenvalue weighted by Gasteiger charge is -2.56. The summed E-state index contributed by atoms with van der Waals surface area (Å²) in [4.78, 5) is 12.1. The molecule has 2 fully saturated rings. The molecule has 116 valence electrons. The number of nitrogens with one attached hydrogen (secondary N) is 1. The van der Waals surface area contributed by atoms with E-state index in [0.717, 1.165) is 6.92 Å². The van der Waals surface area contributed by atoms with E-state index in [1.807, 2.05) is 0 Å². The first-order chi connectivity index (χ1) is 9.11. The first kappa shape index (κ1) is 15.6. The number of carbonyl (C=O) groups is 1. The van der Waals surface area contributed by atoms with Crippen LogP contribution in [0.1, 0.15) is 40.0 Å². The smallest absolute Gasteiger partial charge is 0.259 e. The van der Waals surface area contributed by atoms with E-state index in [1.165, 1.54) is 13.8 Å². The molecule has 2 aliphatic rings. The molecule has 6 heteroatoms. The Balaban J connectivity index is 2.05. The summed E-state index contributed by atoms with van der Waals surface area (Å²) in [5.41, 5.74) is -2.16. The van der Waals surface area contributed by atoms with Crippen LogP contribution in [-0.4, -0.2) is 42.3 Å². The van der Waals surface area contributed by atoms with Gasteiger partial charge in [0.15, 0.2) is 0 Å². The van der Waals surface area contributed by atoms with Gasteiger partial charge in [0.2, 0.25) is 5.91 Å². The zero-order valence-corrected chi connectivity index (χ0v) is 12.2. The first-order valence-electron chi connectivity index (χ1n) is 7.06. The number of halogens is 2. The van der Waals surface area contributed by atoms with Gasteiger partial charge in [-0.15, -0.1) is 0 Å². The molecule has 1 saturated carbocycles. The van der Waals surface area contributed by atoms with E-state index in [0.29, 0.717) is 32.5 Å². The van der Waals surface area contributed by atoms with Gasteiger partial charge in [0.05, 0.1) is 6.10 Å². The van der Waals surface area contributed by atoms with Gasteiger partial charge in [-0.1, -0.05) is 0 Å². The average Bonchev–Trinajstić information content (AvgIpc) is 2.37. The molecule has 0 unspecified atom stereocenters. The Morgan fingerprint density at radius 3 is 2.30 bits per heavy atom. The number of ether oxygens (including phenoxy) is 1. The van der Waals surface area contributed by atoms with Crippen molar-refractivity contribution >= 4 is 5.91 Å². The predicted molar refractivity (Wildman–Crippen MR) is 69.4 cm³/mol. The van der Waals surface area contributed by atoms with E-state index in [4.69, 9.17) is 4.74 Å². The monoisotopic (exact) mass is 291 g/mol. The highest BCUT2D eigenvalue weighted by molar-refractivity contribution is 5.83. The Morgan fingerprint density at radius 2 is 1.85 bits per heavy atom. The Labute approximate surface area is 117 Å². The van der Waals surface area contributed by atoms with Crippen molar-refractivity contribution in [2.75, 3.05) is 13.2 Å². The standard InChI is InChI=1S/C14H23F2NO3/c1-12(2,13(3,15)16)11(19)17-9-8-10(18)14(9)4-6-20-7-5-14/h9-10,18H,4-8H2,1-3H3,(H,17,19)/t9-,10-/m1/s1. The molecule has 0 aromatic carbocycles. The molecule has 1 heterocycles. The topological polar surface area (TPSA) is 58.6 Å². The molecular formula is C14H23F2NO3. The number of aliphatic hydroxyl groups is 1. The van der Waals surface area contributed by atoms with Crippen molar-refractivity contribution in [3.05, 3.63) is 0 Å². The van der Waals surface area contributed by atoms with Gasteiger partial charge in [0, 0.05) is 31.6 Å². The van der Waals surface area contributed by atoms with E-state index in [9.17, 15) is 18.7 Å². The van der Waals surface area contributed by atoms with E-state index in [2.05, 4.69) is 5.32 Å². The zero-order valence-electron chi connectivity index (χ0n) is 12.2. The Kier molecular flexibility index (Phi) is 3.84. The third-order valence-corrected chi connectivity index (χ3v) is 5.21. The van der Waals surface area contributed by atoms with Gasteiger partial charge in [-0.2, -0.15) is 0 Å². The molecular weight excluding hydrogens is 268 g/mol. The van der Waals surface area contributed by atoms with Gasteiger partial charge in [-0.25, -0.2) is 8.78 Å². The van der Waals surface area contributed by atoms with E-state index < -0.39 is 28.8 Å². The second kappa shape index (κ2) is 4.91. The molecule has 0 aromatic rings. The number of hydrogen-bond donors (Lipinski definition) is 2. The van der Waals surface area contributed by atoms with Crippen LogP contribution in [0, 0.1) is 10.8 Å². The highest BCUT2D eigenvalue weighted by Gasteiger charge is 2.57. The maximum Gasteiger partial charge on any atom is 0.259 e. The minimum absolute atomic E-state index is 0.240. The van der Waals surface area contributed by atoms with Gasteiger partial charge in [0.25, 0.3) is 5.92 Å². The lowest BCUT2D eigenvalue weighted by molar-refractivity contribution is -0.170. The first-order valence-corrected chi connectivity index (χ1v) is 7.06. The van der Waals surface area contributed by atoms with Crippen LogP contribution in [0.15, 0.2) is 0 Å². The molecule has 0 radical (unpaired) electrons. The number of aliphatic hydroxyl groups excluding tert-OH is 1. The normalized spacial score (nSPS) is 29.9. The minimum Gasteiger partial charge on any atom is -0.392 e. The lowest BCUT2D eigenvalue weighted by atomic mass is 9.57. The Bertz CT molecular complexity index is 386. The highest BCUT2D eigenvalue weighted by atomic mass is 19.3. The fraction of sp³-hybridized carbons (Fsp3) is 0.929. The quantitative estimate of drug-likeness (QED) is 0.832. The van der Waals surface area contributed by atoms with Gasteiger partial charge in [0.1, 0.15) is 5.41 Å². The number of amides is 1. The Hall–Kier alpha value is -0.750. The van der Waals surface area contributed by atoms with Crippen LogP contribution in [0.4, 0.5) is 8.78 Å². The maximum absolute atomic E-state index is 13.5. The second-order valence-electron chi connectivity index (χ2n) is 6.64. The Morgan fingerprint density at radius 1 is 1.30 bits per heavy atom. The summed E-state index contributed by atoms with van der Waals surface area (Å²) in [7, 11) is 0. The van der Waals surface area contributed by atoms with Crippen molar-refractivity contribution in [1.82, 2.24) is 5.32 Å². The summed E-state index contributed by atoms with van der Waals surface area (Å²) < 4.78 is 32.3. The summed E-state index contributed by atoms with van der Waals surface area (Å²) in [6.45, 7) is 4.32. The molecule has 1 spiro atoms. The molecule has 2 rings (SSSR count). The number of carbonyl (C=O) groups excluding carboxylic acids is 1. The van der Waals surface area contributed by atoms with Crippen LogP contribution >= 0.6 is 0 Å². The van der Waals surface area contributed by atoms with Crippen LogP contribution in [0.25, 0.3) is 0 Å². The van der Waals surface area contributed by atoms with E-state index >= 15 is 0 Å². The molecule has 1 aliphatic carbocycles. The van der Waals surface area contributed by atoms with Crippen molar-refractivity contribution in [3.8, 4) is 0 Å². The van der Waals surface area contributed by atoms with Gasteiger partial charge in [-0.3, -0.25) is 4.79 Å². The number of alkyl halides is 2. The van der Waals surface area contributed by atoms with Crippen LogP contribution < -0.4 is 5.32 Å². The summed E-state index contributed by atoms with van der Waals surface area (Å²) in [6, 6.07) is -0.240. The van der Waals surface area contributed by atoms with Crippen LogP contribution in [0.2, 0.25) is 0 Å². The molecule has 1 aliphatic heterocycles. The van der Waals surface area contributed by atoms with Crippen molar-refractivity contribution in [3.63, 3.8) is 0 Å². The minimum atomic E-state index is -3.09. The molecule has 1 saturated heterocycles. The molecule has 2 N–H and O–H groups in total. The molecule has 4 nitrogen and oxygen atoms in total. The molecule has 0 aromatic heterocycles. The van der Waals surface area contributed by atoms with E-state index in [1.54, 1.807) is 0 Å². The largest absolute Gasteiger partial charge is 0.392 e. The van der Waals surface area contributed by atoms with Crippen LogP contribution in [0.3, 0.4) is 0 Å². The average molecular weight is 291 g/mol. The zero-order chi connectivity index (χ0) is 15.2. The van der Waals surface area contributed by atoms with E-state index in [-0.39, 0.29) is 6.04 Å². The van der Waals surface area contributed by atoms with Crippen molar-refractivity contribution in [2.24, 2.45) is 10.8 Å². The third kappa shape index (κ3) is 2.33. The third-order valence-electron chi connectivity index (χ3n) is 5.21. The summed E-state index contributed by atoms with van der Waals surface area (Å²) in [6.07, 6.45) is 1.25. The van der Waals surface area contributed by atoms with Crippen molar-refractivity contribution in [2.45, 2.75) is 58.1 Å². The number of rotatable bonds is 3. The summed E-state index contributed by atoms with van der Waals surface area (Å²) >= 11 is 0. The van der Waals surface area contributed by atoms with Crippen molar-refractivity contribution in [1.29, 1.82) is 0 Å². The fourth-order valence-corrected chi connectivity index (χ4v) is 2.94. The van der Waals surface area contributed by atoms with Crippen molar-refractivity contribution < 1.29 is 23.4 Å². The maximum atomic E-state index is 13.5. The van der Waals surface area contributed by atoms with Crippen LogP contribution in [0.5, 0.6) is 0 Å².